The van der Waals surface area contributed by atoms with Gasteiger partial charge in [-0.05, 0) is 55.8 Å². The third-order valence-corrected chi connectivity index (χ3v) is 8.57. The lowest BCUT2D eigenvalue weighted by Crippen LogP contribution is -2.50. The highest BCUT2D eigenvalue weighted by atomic mass is 19.1. The van der Waals surface area contributed by atoms with Crippen molar-refractivity contribution >= 4 is 38.9 Å². The van der Waals surface area contributed by atoms with Crippen LogP contribution in [0.15, 0.2) is 41.1 Å². The van der Waals surface area contributed by atoms with Crippen LogP contribution in [0.2, 0.25) is 0 Å². The van der Waals surface area contributed by atoms with E-state index in [-0.39, 0.29) is 5.82 Å². The van der Waals surface area contributed by atoms with E-state index in [1.807, 2.05) is 12.3 Å². The molecule has 0 unspecified atom stereocenters. The monoisotopic (exact) mass is 528 g/mol. The molecule has 10 heteroatoms. The Bertz CT molecular complexity index is 1690. The van der Waals surface area contributed by atoms with E-state index in [0.29, 0.717) is 65.7 Å². The van der Waals surface area contributed by atoms with Gasteiger partial charge in [0, 0.05) is 48.3 Å². The van der Waals surface area contributed by atoms with E-state index in [9.17, 15) is 0 Å². The number of nitrogens with one attached hydrogen (secondary N) is 1. The van der Waals surface area contributed by atoms with Crippen molar-refractivity contribution in [2.24, 2.45) is 5.41 Å². The van der Waals surface area contributed by atoms with Crippen molar-refractivity contribution in [3.63, 3.8) is 0 Å². The Balaban J connectivity index is 1.24. The third-order valence-electron chi connectivity index (χ3n) is 8.57. The predicted molar refractivity (Wildman–Crippen MR) is 145 cm³/mol. The maximum atomic E-state index is 15.3. The van der Waals surface area contributed by atoms with Crippen LogP contribution in [-0.4, -0.2) is 77.4 Å². The predicted octanol–water partition coefficient (Wildman–Crippen LogP) is 4.51. The molecule has 3 aliphatic heterocycles. The van der Waals surface area contributed by atoms with E-state index in [1.54, 1.807) is 12.3 Å². The first-order valence-electron chi connectivity index (χ1n) is 13.6. The number of likely N-dealkylation sites (tertiary alicyclic amines) is 1. The van der Waals surface area contributed by atoms with Gasteiger partial charge in [-0.15, -0.1) is 0 Å². The number of nitrogens with zero attached hydrogens (tertiary/aromatic N) is 5. The largest absolute Gasteiger partial charge is 0.432 e. The number of piperidine rings is 1. The van der Waals surface area contributed by atoms with Gasteiger partial charge >= 0.3 is 0 Å². The first-order valence-corrected chi connectivity index (χ1v) is 13.6. The Morgan fingerprint density at radius 1 is 0.974 bits per heavy atom. The number of aromatic nitrogens is 4. The first kappa shape index (κ1) is 23.3. The summed E-state index contributed by atoms with van der Waals surface area (Å²) < 4.78 is 32.7. The number of H-pyrrole nitrogens is 1. The average molecular weight is 529 g/mol. The first-order chi connectivity index (χ1) is 19.2. The van der Waals surface area contributed by atoms with Crippen LogP contribution in [0.25, 0.3) is 44.5 Å². The number of rotatable bonds is 4. The molecule has 1 spiro atoms. The van der Waals surface area contributed by atoms with Crippen LogP contribution >= 0.6 is 0 Å². The number of fused-ring (bicyclic) bond motifs is 4. The zero-order valence-corrected chi connectivity index (χ0v) is 21.6. The van der Waals surface area contributed by atoms with Crippen LogP contribution in [0.3, 0.4) is 0 Å². The second-order valence-corrected chi connectivity index (χ2v) is 11.1. The lowest BCUT2D eigenvalue weighted by molar-refractivity contribution is -0.140. The molecular weight excluding hydrogens is 499 g/mol. The van der Waals surface area contributed by atoms with Gasteiger partial charge in [-0.25, -0.2) is 19.3 Å². The Morgan fingerprint density at radius 2 is 1.82 bits per heavy atom. The molecule has 0 saturated carbocycles. The number of benzene rings is 1. The van der Waals surface area contributed by atoms with Gasteiger partial charge in [-0.2, -0.15) is 0 Å². The van der Waals surface area contributed by atoms with Gasteiger partial charge in [-0.3, -0.25) is 4.90 Å². The molecule has 8 rings (SSSR count). The smallest absolute Gasteiger partial charge is 0.229 e. The summed E-state index contributed by atoms with van der Waals surface area (Å²) in [6, 6.07) is 7.18. The highest BCUT2D eigenvalue weighted by Crippen LogP contribution is 2.40. The maximum Gasteiger partial charge on any atom is 0.229 e. The van der Waals surface area contributed by atoms with Crippen LogP contribution in [0.1, 0.15) is 18.4 Å². The lowest BCUT2D eigenvalue weighted by Gasteiger charge is -2.47. The molecule has 0 aliphatic carbocycles. The van der Waals surface area contributed by atoms with E-state index in [4.69, 9.17) is 23.9 Å². The normalized spacial score (nSPS) is 19.9. The summed E-state index contributed by atoms with van der Waals surface area (Å²) in [5.74, 6) is 0.624. The quantitative estimate of drug-likeness (QED) is 0.364. The number of halogens is 1. The number of morpholine rings is 1. The van der Waals surface area contributed by atoms with Crippen LogP contribution in [-0.2, 0) is 16.0 Å². The van der Waals surface area contributed by atoms with Crippen LogP contribution in [0.4, 0.5) is 10.2 Å². The van der Waals surface area contributed by atoms with Gasteiger partial charge in [0.2, 0.25) is 5.71 Å². The number of hydrogen-bond donors (Lipinski definition) is 1. The molecule has 1 aromatic carbocycles. The van der Waals surface area contributed by atoms with Crippen molar-refractivity contribution in [1.29, 1.82) is 0 Å². The summed E-state index contributed by atoms with van der Waals surface area (Å²) in [5.41, 5.74) is 4.47. The zero-order valence-electron chi connectivity index (χ0n) is 21.6. The fourth-order valence-electron chi connectivity index (χ4n) is 6.20. The standard InChI is InChI=1S/C29H29FN6O3/c30-21-1-2-22-19(3-6-31-22)23(21)26-33-24-20-13-18(15-35-7-4-29(5-8-35)16-38-17-29)14-32-28(20)39-25(24)27(34-26)36-9-11-37-12-10-36/h1-3,6,13-14,31H,4-5,7-12,15-17H2. The van der Waals surface area contributed by atoms with Crippen molar-refractivity contribution in [1.82, 2.24) is 24.8 Å². The molecule has 0 bridgehead atoms. The molecule has 4 aromatic heterocycles. The van der Waals surface area contributed by atoms with Crippen molar-refractivity contribution < 1.29 is 18.3 Å². The molecule has 3 saturated heterocycles. The van der Waals surface area contributed by atoms with Crippen LogP contribution < -0.4 is 4.90 Å². The van der Waals surface area contributed by atoms with Gasteiger partial charge in [-0.1, -0.05) is 0 Å². The van der Waals surface area contributed by atoms with Crippen molar-refractivity contribution in [3.05, 3.63) is 48.0 Å². The molecule has 0 atom stereocenters. The number of ether oxygens (including phenoxy) is 2. The number of furan rings is 1. The number of anilines is 1. The fraction of sp³-hybridized carbons (Fsp3) is 0.414. The average Bonchev–Trinajstić information content (AvgIpc) is 3.57. The van der Waals surface area contributed by atoms with E-state index < -0.39 is 0 Å². The summed E-state index contributed by atoms with van der Waals surface area (Å²) in [7, 11) is 0. The van der Waals surface area contributed by atoms with E-state index in [0.717, 1.165) is 54.7 Å². The fourth-order valence-corrected chi connectivity index (χ4v) is 6.20. The molecule has 9 nitrogen and oxygen atoms in total. The minimum absolute atomic E-state index is 0.337. The van der Waals surface area contributed by atoms with Gasteiger partial charge < -0.3 is 23.8 Å². The summed E-state index contributed by atoms with van der Waals surface area (Å²) in [6.45, 7) is 7.25. The second-order valence-electron chi connectivity index (χ2n) is 11.1. The Morgan fingerprint density at radius 3 is 2.62 bits per heavy atom. The summed E-state index contributed by atoms with van der Waals surface area (Å²) in [5, 5.41) is 1.57. The summed E-state index contributed by atoms with van der Waals surface area (Å²) in [6.07, 6.45) is 6.05. The minimum atomic E-state index is -0.360. The SMILES string of the molecule is Fc1ccc2[nH]ccc2c1-c1nc(N2CCOCC2)c2oc3ncc(CN4CCC5(CC4)COC5)cc3c2n1. The van der Waals surface area contributed by atoms with E-state index >= 15 is 4.39 Å². The Kier molecular flexibility index (Phi) is 5.36. The van der Waals surface area contributed by atoms with Crippen molar-refractivity contribution in [2.75, 3.05) is 57.5 Å². The van der Waals surface area contributed by atoms with Crippen molar-refractivity contribution in [2.45, 2.75) is 19.4 Å². The summed E-state index contributed by atoms with van der Waals surface area (Å²) >= 11 is 0. The molecule has 3 aliphatic rings. The molecule has 0 amide bonds. The van der Waals surface area contributed by atoms with Gasteiger partial charge in [0.25, 0.3) is 0 Å². The second kappa shape index (κ2) is 8.97. The molecule has 3 fully saturated rings. The number of aromatic amines is 1. The highest BCUT2D eigenvalue weighted by Gasteiger charge is 2.41. The third kappa shape index (κ3) is 3.89. The minimum Gasteiger partial charge on any atom is -0.432 e. The summed E-state index contributed by atoms with van der Waals surface area (Å²) in [4.78, 5) is 22.3. The van der Waals surface area contributed by atoms with Crippen molar-refractivity contribution in [3.8, 4) is 11.4 Å². The number of pyridine rings is 1. The van der Waals surface area contributed by atoms with Crippen LogP contribution in [0, 0.1) is 11.2 Å². The Labute approximate surface area is 223 Å². The molecule has 39 heavy (non-hydrogen) atoms. The van der Waals surface area contributed by atoms with Crippen LogP contribution in [0.5, 0.6) is 0 Å². The zero-order chi connectivity index (χ0) is 26.0. The van der Waals surface area contributed by atoms with E-state index in [2.05, 4.69) is 25.8 Å². The van der Waals surface area contributed by atoms with Gasteiger partial charge in [0.15, 0.2) is 17.2 Å². The molecular formula is C29H29FN6O3. The lowest BCUT2D eigenvalue weighted by atomic mass is 9.77. The molecule has 1 N–H and O–H groups in total. The Hall–Kier alpha value is -3.60. The number of hydrogen-bond acceptors (Lipinski definition) is 8. The van der Waals surface area contributed by atoms with Gasteiger partial charge in [0.05, 0.1) is 37.4 Å². The molecule has 200 valence electrons. The maximum absolute atomic E-state index is 15.3. The molecule has 5 aromatic rings. The molecule has 7 heterocycles. The highest BCUT2D eigenvalue weighted by molar-refractivity contribution is 6.06. The van der Waals surface area contributed by atoms with E-state index in [1.165, 1.54) is 18.9 Å². The molecule has 0 radical (unpaired) electrons. The topological polar surface area (TPSA) is 92.5 Å². The van der Waals surface area contributed by atoms with Gasteiger partial charge in [0.1, 0.15) is 11.3 Å².